The maximum Gasteiger partial charge on any atom is 0.319 e. The minimum atomic E-state index is -0.446. The molecule has 140 valence electrons. The number of halogens is 1. The zero-order chi connectivity index (χ0) is 17.7. The summed E-state index contributed by atoms with van der Waals surface area (Å²) in [6.45, 7) is 5.75. The van der Waals surface area contributed by atoms with Crippen molar-refractivity contribution < 1.29 is 9.59 Å². The molecule has 0 radical (unpaired) electrons. The van der Waals surface area contributed by atoms with Crippen LogP contribution in [-0.2, 0) is 4.79 Å². The van der Waals surface area contributed by atoms with Gasteiger partial charge in [-0.2, -0.15) is 0 Å². The fourth-order valence-corrected chi connectivity index (χ4v) is 3.08. The Morgan fingerprint density at radius 3 is 2.20 bits per heavy atom. The smallest absolute Gasteiger partial charge is 0.319 e. The van der Waals surface area contributed by atoms with Gasteiger partial charge in [-0.1, -0.05) is 12.8 Å². The monoisotopic (exact) mass is 368 g/mol. The molecule has 25 heavy (non-hydrogen) atoms. The maximum atomic E-state index is 12.5. The summed E-state index contributed by atoms with van der Waals surface area (Å²) in [4.78, 5) is 24.2. The second kappa shape index (κ2) is 9.06. The summed E-state index contributed by atoms with van der Waals surface area (Å²) in [6, 6.07) is 6.90. The lowest BCUT2D eigenvalue weighted by atomic mass is 9.74. The van der Waals surface area contributed by atoms with Crippen molar-refractivity contribution in [1.82, 2.24) is 5.32 Å². The molecule has 1 aliphatic rings. The Labute approximate surface area is 155 Å². The molecule has 0 aromatic heterocycles. The highest BCUT2D eigenvalue weighted by molar-refractivity contribution is 5.94. The van der Waals surface area contributed by atoms with Crippen LogP contribution >= 0.6 is 12.4 Å². The third kappa shape index (κ3) is 6.21. The van der Waals surface area contributed by atoms with Gasteiger partial charge in [-0.25, -0.2) is 4.79 Å². The Morgan fingerprint density at radius 2 is 1.68 bits per heavy atom. The molecule has 1 aromatic rings. The topological polar surface area (TPSA) is 96.2 Å². The highest BCUT2D eigenvalue weighted by Gasteiger charge is 2.37. The molecule has 2 rings (SSSR count). The molecule has 7 heteroatoms. The van der Waals surface area contributed by atoms with Gasteiger partial charge in [0.25, 0.3) is 0 Å². The van der Waals surface area contributed by atoms with Crippen LogP contribution in [0.3, 0.4) is 0 Å². The fourth-order valence-electron chi connectivity index (χ4n) is 3.08. The number of anilines is 2. The molecule has 2 atom stereocenters. The van der Waals surface area contributed by atoms with Crippen LogP contribution in [0.5, 0.6) is 0 Å². The number of urea groups is 1. The first kappa shape index (κ1) is 21.3. The molecule has 6 nitrogen and oxygen atoms in total. The number of carbonyl (C=O) groups is 2. The van der Waals surface area contributed by atoms with Crippen molar-refractivity contribution in [1.29, 1.82) is 0 Å². The quantitative estimate of drug-likeness (QED) is 0.655. The summed E-state index contributed by atoms with van der Waals surface area (Å²) in [5.41, 5.74) is 7.21. The Bertz CT molecular complexity index is 587. The lowest BCUT2D eigenvalue weighted by molar-refractivity contribution is -0.122. The van der Waals surface area contributed by atoms with Gasteiger partial charge in [-0.3, -0.25) is 4.79 Å². The average molecular weight is 369 g/mol. The summed E-state index contributed by atoms with van der Waals surface area (Å²) >= 11 is 0. The second-order valence-electron chi connectivity index (χ2n) is 7.12. The van der Waals surface area contributed by atoms with Gasteiger partial charge in [-0.05, 0) is 57.9 Å². The molecule has 0 bridgehead atoms. The van der Waals surface area contributed by atoms with E-state index < -0.39 is 5.54 Å². The van der Waals surface area contributed by atoms with Crippen LogP contribution in [0.2, 0.25) is 0 Å². The molecule has 1 aromatic carbocycles. The van der Waals surface area contributed by atoms with Crippen LogP contribution in [0.15, 0.2) is 24.3 Å². The van der Waals surface area contributed by atoms with Gasteiger partial charge < -0.3 is 21.7 Å². The van der Waals surface area contributed by atoms with E-state index in [9.17, 15) is 9.59 Å². The summed E-state index contributed by atoms with van der Waals surface area (Å²) in [7, 11) is 0. The minimum Gasteiger partial charge on any atom is -0.336 e. The molecule has 0 spiro atoms. The van der Waals surface area contributed by atoms with E-state index in [1.165, 1.54) is 0 Å². The van der Waals surface area contributed by atoms with E-state index in [0.717, 1.165) is 25.7 Å². The van der Waals surface area contributed by atoms with Crippen LogP contribution in [-0.4, -0.2) is 23.5 Å². The summed E-state index contributed by atoms with van der Waals surface area (Å²) < 4.78 is 0. The number of benzene rings is 1. The summed E-state index contributed by atoms with van der Waals surface area (Å²) in [5.74, 6) is -0.196. The van der Waals surface area contributed by atoms with E-state index in [0.29, 0.717) is 11.4 Å². The Kier molecular flexibility index (Phi) is 7.70. The molecular weight excluding hydrogens is 340 g/mol. The Balaban J connectivity index is 0.00000312. The summed E-state index contributed by atoms with van der Waals surface area (Å²) in [6.07, 6.45) is 3.82. The largest absolute Gasteiger partial charge is 0.336 e. The molecule has 1 saturated carbocycles. The van der Waals surface area contributed by atoms with Crippen molar-refractivity contribution in [3.63, 3.8) is 0 Å². The Hall–Kier alpha value is -1.79. The van der Waals surface area contributed by atoms with Crippen molar-refractivity contribution >= 4 is 35.7 Å². The maximum absolute atomic E-state index is 12.5. The predicted molar refractivity (Wildman–Crippen MR) is 104 cm³/mol. The van der Waals surface area contributed by atoms with Crippen molar-refractivity contribution in [3.05, 3.63) is 24.3 Å². The predicted octanol–water partition coefficient (Wildman–Crippen LogP) is 3.48. The number of hydrogen-bond acceptors (Lipinski definition) is 3. The first-order valence-electron chi connectivity index (χ1n) is 8.55. The molecule has 1 aliphatic carbocycles. The normalized spacial score (nSPS) is 22.7. The van der Waals surface area contributed by atoms with E-state index in [1.54, 1.807) is 24.3 Å². The highest BCUT2D eigenvalue weighted by atomic mass is 35.5. The van der Waals surface area contributed by atoms with E-state index in [-0.39, 0.29) is 36.3 Å². The average Bonchev–Trinajstić information content (AvgIpc) is 2.47. The molecule has 5 N–H and O–H groups in total. The van der Waals surface area contributed by atoms with Crippen molar-refractivity contribution in [3.8, 4) is 0 Å². The Morgan fingerprint density at radius 1 is 1.12 bits per heavy atom. The molecule has 0 heterocycles. The number of amides is 3. The number of nitrogens with two attached hydrogens (primary N) is 1. The van der Waals surface area contributed by atoms with Crippen molar-refractivity contribution in [2.75, 3.05) is 10.6 Å². The highest BCUT2D eigenvalue weighted by Crippen LogP contribution is 2.32. The van der Waals surface area contributed by atoms with Gasteiger partial charge in [0.15, 0.2) is 0 Å². The lowest BCUT2D eigenvalue weighted by Gasteiger charge is -2.37. The van der Waals surface area contributed by atoms with E-state index in [2.05, 4.69) is 16.0 Å². The van der Waals surface area contributed by atoms with Crippen LogP contribution in [0.1, 0.15) is 46.5 Å². The number of hydrogen-bond donors (Lipinski definition) is 4. The third-order valence-electron chi connectivity index (χ3n) is 4.40. The van der Waals surface area contributed by atoms with Gasteiger partial charge in [-0.15, -0.1) is 12.4 Å². The molecule has 3 amide bonds. The van der Waals surface area contributed by atoms with Gasteiger partial charge in [0.2, 0.25) is 5.91 Å². The van der Waals surface area contributed by atoms with Gasteiger partial charge in [0, 0.05) is 23.0 Å². The zero-order valence-electron chi connectivity index (χ0n) is 15.1. The first-order valence-corrected chi connectivity index (χ1v) is 8.55. The molecule has 0 saturated heterocycles. The van der Waals surface area contributed by atoms with Crippen LogP contribution in [0.25, 0.3) is 0 Å². The second-order valence-corrected chi connectivity index (χ2v) is 7.12. The van der Waals surface area contributed by atoms with E-state index in [4.69, 9.17) is 5.73 Å². The first-order chi connectivity index (χ1) is 11.3. The lowest BCUT2D eigenvalue weighted by Crippen LogP contribution is -2.51. The number of rotatable bonds is 4. The third-order valence-corrected chi connectivity index (χ3v) is 4.40. The van der Waals surface area contributed by atoms with Gasteiger partial charge in [0.05, 0.1) is 5.92 Å². The van der Waals surface area contributed by atoms with E-state index in [1.807, 2.05) is 20.8 Å². The van der Waals surface area contributed by atoms with Gasteiger partial charge in [0.1, 0.15) is 0 Å². The zero-order valence-corrected chi connectivity index (χ0v) is 15.9. The van der Waals surface area contributed by atoms with Crippen molar-refractivity contribution in [2.45, 2.75) is 58.0 Å². The fraction of sp³-hybridized carbons (Fsp3) is 0.556. The van der Waals surface area contributed by atoms with Crippen molar-refractivity contribution in [2.24, 2.45) is 11.7 Å². The van der Waals surface area contributed by atoms with Gasteiger partial charge >= 0.3 is 6.03 Å². The molecule has 0 aliphatic heterocycles. The van der Waals surface area contributed by atoms with Crippen LogP contribution in [0, 0.1) is 5.92 Å². The number of nitrogens with one attached hydrogen (secondary N) is 3. The van der Waals surface area contributed by atoms with E-state index >= 15 is 0 Å². The minimum absolute atomic E-state index is 0. The summed E-state index contributed by atoms with van der Waals surface area (Å²) in [5, 5.41) is 8.44. The molecule has 2 unspecified atom stereocenters. The SMILES string of the molecule is CC(C)NC(=O)Nc1ccc(NC(=O)C2CCCCC2(C)N)cc1.Cl. The van der Waals surface area contributed by atoms with Crippen LogP contribution in [0.4, 0.5) is 16.2 Å². The standard InChI is InChI=1S/C18H28N4O2.ClH/c1-12(2)20-17(24)22-14-9-7-13(8-10-14)21-16(23)15-6-4-5-11-18(15,3)19;/h7-10,12,15H,4-6,11,19H2,1-3H3,(H,21,23)(H2,20,22,24);1H. The number of carbonyl (C=O) groups excluding carboxylic acids is 2. The molecule has 1 fully saturated rings. The van der Waals surface area contributed by atoms with Crippen LogP contribution < -0.4 is 21.7 Å². The molecular formula is C18H29ClN4O2.